The Hall–Kier alpha value is -2.70. The summed E-state index contributed by atoms with van der Waals surface area (Å²) in [5, 5.41) is 9.91. The first-order valence-electron chi connectivity index (χ1n) is 7.34. The van der Waals surface area contributed by atoms with E-state index in [1.54, 1.807) is 14.0 Å². The van der Waals surface area contributed by atoms with Crippen LogP contribution in [-0.2, 0) is 6.54 Å². The van der Waals surface area contributed by atoms with Gasteiger partial charge in [-0.15, -0.1) is 0 Å². The lowest BCUT2D eigenvalue weighted by Crippen LogP contribution is -2.14. The van der Waals surface area contributed by atoms with Crippen LogP contribution in [0.1, 0.15) is 35.5 Å². The average molecular weight is 318 g/mol. The largest absolute Gasteiger partial charge is 0.493 e. The van der Waals surface area contributed by atoms with E-state index < -0.39 is 5.91 Å². The summed E-state index contributed by atoms with van der Waals surface area (Å²) in [6.07, 6.45) is 0.0676. The summed E-state index contributed by atoms with van der Waals surface area (Å²) in [5.74, 6) is 1.28. The molecule has 124 valence electrons. The van der Waals surface area contributed by atoms with Gasteiger partial charge in [0.05, 0.1) is 13.2 Å². The van der Waals surface area contributed by atoms with Crippen LogP contribution in [0.4, 0.5) is 5.82 Å². The van der Waals surface area contributed by atoms with Gasteiger partial charge in [0.25, 0.3) is 5.91 Å². The molecule has 1 aromatic heterocycles. The number of anilines is 1. The van der Waals surface area contributed by atoms with E-state index in [1.165, 1.54) is 0 Å². The fraction of sp³-hybridized carbons (Fsp3) is 0.375. The second-order valence-electron chi connectivity index (χ2n) is 5.44. The van der Waals surface area contributed by atoms with Gasteiger partial charge in [-0.25, -0.2) is 0 Å². The molecule has 7 nitrogen and oxygen atoms in total. The minimum Gasteiger partial charge on any atom is -0.493 e. The molecule has 0 unspecified atom stereocenters. The third kappa shape index (κ3) is 3.94. The molecule has 1 amide bonds. The van der Waals surface area contributed by atoms with Crippen molar-refractivity contribution in [3.8, 4) is 11.5 Å². The number of amides is 1. The van der Waals surface area contributed by atoms with Crippen molar-refractivity contribution in [1.82, 2.24) is 10.2 Å². The number of carbonyl (C=O) groups is 1. The number of carbonyl (C=O) groups excluding carboxylic acids is 1. The first kappa shape index (κ1) is 16.7. The molecular formula is C16H22N4O3. The zero-order valence-electron chi connectivity index (χ0n) is 13.8. The second kappa shape index (κ2) is 7.04. The number of benzene rings is 1. The van der Waals surface area contributed by atoms with Crippen molar-refractivity contribution >= 4 is 11.7 Å². The van der Waals surface area contributed by atoms with E-state index in [0.717, 1.165) is 5.56 Å². The van der Waals surface area contributed by atoms with E-state index >= 15 is 0 Å². The number of aromatic amines is 1. The minimum absolute atomic E-state index is 0.0676. The third-order valence-corrected chi connectivity index (χ3v) is 3.24. The molecule has 2 aromatic rings. The lowest BCUT2D eigenvalue weighted by Gasteiger charge is -2.14. The maximum Gasteiger partial charge on any atom is 0.254 e. The van der Waals surface area contributed by atoms with Crippen LogP contribution >= 0.6 is 0 Å². The van der Waals surface area contributed by atoms with Gasteiger partial charge in [0, 0.05) is 12.2 Å². The smallest absolute Gasteiger partial charge is 0.254 e. The number of primary amides is 1. The molecule has 7 heteroatoms. The number of nitrogens with two attached hydrogens (primary N) is 1. The number of H-pyrrole nitrogens is 1. The Kier molecular flexibility index (Phi) is 5.10. The van der Waals surface area contributed by atoms with Crippen molar-refractivity contribution in [3.05, 3.63) is 35.0 Å². The van der Waals surface area contributed by atoms with Gasteiger partial charge >= 0.3 is 0 Å². The fourth-order valence-corrected chi connectivity index (χ4v) is 2.22. The van der Waals surface area contributed by atoms with Gasteiger partial charge < -0.3 is 20.5 Å². The summed E-state index contributed by atoms with van der Waals surface area (Å²) < 4.78 is 11.0. The van der Waals surface area contributed by atoms with Crippen LogP contribution in [-0.4, -0.2) is 29.3 Å². The van der Waals surface area contributed by atoms with Crippen LogP contribution in [0.3, 0.4) is 0 Å². The molecule has 0 spiro atoms. The summed E-state index contributed by atoms with van der Waals surface area (Å²) in [4.78, 5) is 11.4. The van der Waals surface area contributed by atoms with E-state index in [0.29, 0.717) is 35.1 Å². The third-order valence-electron chi connectivity index (χ3n) is 3.24. The Morgan fingerprint density at radius 1 is 1.39 bits per heavy atom. The lowest BCUT2D eigenvalue weighted by atomic mass is 10.2. The molecule has 4 N–H and O–H groups in total. The van der Waals surface area contributed by atoms with Gasteiger partial charge in [0.15, 0.2) is 17.3 Å². The summed E-state index contributed by atoms with van der Waals surface area (Å²) >= 11 is 0. The van der Waals surface area contributed by atoms with Gasteiger partial charge in [-0.3, -0.25) is 9.89 Å². The molecule has 0 aliphatic rings. The van der Waals surface area contributed by atoms with Crippen molar-refractivity contribution in [3.63, 3.8) is 0 Å². The molecule has 0 radical (unpaired) electrons. The van der Waals surface area contributed by atoms with Crippen LogP contribution in [0.2, 0.25) is 0 Å². The van der Waals surface area contributed by atoms with Crippen molar-refractivity contribution in [2.24, 2.45) is 5.73 Å². The normalized spacial score (nSPS) is 10.7. The number of hydrogen-bond donors (Lipinski definition) is 3. The molecular weight excluding hydrogens is 296 g/mol. The molecule has 0 saturated heterocycles. The topological polar surface area (TPSA) is 102 Å². The number of nitrogens with one attached hydrogen (secondary N) is 2. The van der Waals surface area contributed by atoms with E-state index in [1.807, 2.05) is 32.0 Å². The summed E-state index contributed by atoms with van der Waals surface area (Å²) in [6, 6.07) is 5.67. The van der Waals surface area contributed by atoms with E-state index in [4.69, 9.17) is 15.2 Å². The Morgan fingerprint density at radius 3 is 2.74 bits per heavy atom. The summed E-state index contributed by atoms with van der Waals surface area (Å²) in [6.45, 7) is 6.14. The van der Waals surface area contributed by atoms with Gasteiger partial charge in [-0.05, 0) is 38.5 Å². The van der Waals surface area contributed by atoms with Crippen LogP contribution in [0.5, 0.6) is 11.5 Å². The Balaban J connectivity index is 2.14. The lowest BCUT2D eigenvalue weighted by molar-refractivity contribution is 0.100. The van der Waals surface area contributed by atoms with Gasteiger partial charge in [0.2, 0.25) is 0 Å². The van der Waals surface area contributed by atoms with Crippen LogP contribution in [0.25, 0.3) is 0 Å². The molecule has 0 aliphatic heterocycles. The van der Waals surface area contributed by atoms with Crippen molar-refractivity contribution in [1.29, 1.82) is 0 Å². The summed E-state index contributed by atoms with van der Waals surface area (Å²) in [7, 11) is 1.60. The Morgan fingerprint density at radius 2 is 2.13 bits per heavy atom. The van der Waals surface area contributed by atoms with Crippen molar-refractivity contribution < 1.29 is 14.3 Å². The number of ether oxygens (including phenoxy) is 2. The van der Waals surface area contributed by atoms with E-state index in [9.17, 15) is 4.79 Å². The molecule has 0 atom stereocenters. The molecule has 2 rings (SSSR count). The first-order valence-corrected chi connectivity index (χ1v) is 7.34. The van der Waals surface area contributed by atoms with Crippen LogP contribution in [0.15, 0.2) is 18.2 Å². The highest BCUT2D eigenvalue weighted by Gasteiger charge is 2.15. The number of nitrogens with zero attached hydrogens (tertiary/aromatic N) is 1. The molecule has 0 fully saturated rings. The van der Waals surface area contributed by atoms with Gasteiger partial charge in [-0.2, -0.15) is 5.10 Å². The molecule has 1 aromatic carbocycles. The molecule has 0 saturated carbocycles. The number of aromatic nitrogens is 2. The highest BCUT2D eigenvalue weighted by molar-refractivity contribution is 5.98. The molecule has 0 aliphatic carbocycles. The maximum atomic E-state index is 11.4. The quantitative estimate of drug-likeness (QED) is 0.726. The second-order valence-corrected chi connectivity index (χ2v) is 5.44. The number of aryl methyl sites for hydroxylation is 1. The molecule has 1 heterocycles. The summed E-state index contributed by atoms with van der Waals surface area (Å²) in [5.41, 5.74) is 7.34. The highest BCUT2D eigenvalue weighted by Crippen LogP contribution is 2.29. The Labute approximate surface area is 135 Å². The predicted octanol–water partition coefficient (Wildman–Crippen LogP) is 2.22. The van der Waals surface area contributed by atoms with Gasteiger partial charge in [-0.1, -0.05) is 6.07 Å². The number of methoxy groups -OCH3 is 1. The van der Waals surface area contributed by atoms with Gasteiger partial charge in [0.1, 0.15) is 5.56 Å². The maximum absolute atomic E-state index is 11.4. The zero-order valence-corrected chi connectivity index (χ0v) is 13.8. The minimum atomic E-state index is -0.517. The van der Waals surface area contributed by atoms with Crippen molar-refractivity contribution in [2.75, 3.05) is 12.4 Å². The molecule has 23 heavy (non-hydrogen) atoms. The molecule has 0 bridgehead atoms. The monoisotopic (exact) mass is 318 g/mol. The van der Waals surface area contributed by atoms with E-state index in [2.05, 4.69) is 15.5 Å². The predicted molar refractivity (Wildman–Crippen MR) is 87.9 cm³/mol. The van der Waals surface area contributed by atoms with Crippen molar-refractivity contribution in [2.45, 2.75) is 33.4 Å². The average Bonchev–Trinajstić information content (AvgIpc) is 2.86. The zero-order chi connectivity index (χ0) is 17.0. The fourth-order valence-electron chi connectivity index (χ4n) is 2.22. The number of hydrogen-bond acceptors (Lipinski definition) is 5. The van der Waals surface area contributed by atoms with Crippen LogP contribution < -0.4 is 20.5 Å². The SMILES string of the molecule is COc1cc(CNc2n[nH]c(C)c2C(N)=O)ccc1OC(C)C. The number of rotatable bonds is 7. The standard InChI is InChI=1S/C16H22N4O3/c1-9(2)23-12-6-5-11(7-13(12)22-4)8-18-16-14(15(17)21)10(3)19-20-16/h5-7,9H,8H2,1-4H3,(H2,17,21)(H2,18,19,20). The van der Waals surface area contributed by atoms with Crippen LogP contribution in [0, 0.1) is 6.92 Å². The highest BCUT2D eigenvalue weighted by atomic mass is 16.5. The van der Waals surface area contributed by atoms with E-state index in [-0.39, 0.29) is 6.10 Å². The Bertz CT molecular complexity index is 695. The first-order chi connectivity index (χ1) is 10.9.